The van der Waals surface area contributed by atoms with E-state index in [1.54, 1.807) is 0 Å². The summed E-state index contributed by atoms with van der Waals surface area (Å²) < 4.78 is 1.96. The van der Waals surface area contributed by atoms with Gasteiger partial charge in [0.15, 0.2) is 0 Å². The second-order valence-electron chi connectivity index (χ2n) is 3.02. The van der Waals surface area contributed by atoms with Crippen molar-refractivity contribution in [3.63, 3.8) is 0 Å². The normalized spacial score (nSPS) is 10.5. The Morgan fingerprint density at radius 1 is 1.36 bits per heavy atom. The Kier molecular flexibility index (Phi) is 2.32. The van der Waals surface area contributed by atoms with Crippen molar-refractivity contribution in [1.29, 1.82) is 0 Å². The maximum Gasteiger partial charge on any atom is 0.0628 e. The fourth-order valence-corrected chi connectivity index (χ4v) is 1.43. The molecule has 0 aliphatic rings. The van der Waals surface area contributed by atoms with Crippen LogP contribution in [0, 0.1) is 13.8 Å². The molecule has 2 nitrogen and oxygen atoms in total. The van der Waals surface area contributed by atoms with Crippen molar-refractivity contribution >= 4 is 0 Å². The first-order chi connectivity index (χ1) is 5.16. The Morgan fingerprint density at radius 2 is 2.00 bits per heavy atom. The molecular weight excluding hydrogens is 136 g/mol. The predicted octanol–water partition coefficient (Wildman–Crippen LogP) is 1.99. The molecule has 11 heavy (non-hydrogen) atoms. The lowest BCUT2D eigenvalue weighted by atomic mass is 10.1. The van der Waals surface area contributed by atoms with Gasteiger partial charge in [0, 0.05) is 12.7 Å². The maximum absolute atomic E-state index is 4.35. The van der Waals surface area contributed by atoms with Crippen LogP contribution in [0.4, 0.5) is 0 Å². The van der Waals surface area contributed by atoms with E-state index in [1.165, 1.54) is 23.4 Å². The van der Waals surface area contributed by atoms with Gasteiger partial charge >= 0.3 is 0 Å². The van der Waals surface area contributed by atoms with Gasteiger partial charge in [-0.25, -0.2) is 0 Å². The average Bonchev–Trinajstić information content (AvgIpc) is 2.17. The summed E-state index contributed by atoms with van der Waals surface area (Å²) in [6, 6.07) is 0. The lowest BCUT2D eigenvalue weighted by Gasteiger charge is -1.97. The van der Waals surface area contributed by atoms with E-state index in [9.17, 15) is 0 Å². The van der Waals surface area contributed by atoms with Crippen molar-refractivity contribution in [3.8, 4) is 0 Å². The largest absolute Gasteiger partial charge is 0.272 e. The van der Waals surface area contributed by atoms with Crippen LogP contribution in [0.5, 0.6) is 0 Å². The van der Waals surface area contributed by atoms with Gasteiger partial charge in [-0.15, -0.1) is 0 Å². The van der Waals surface area contributed by atoms with Crippen molar-refractivity contribution < 1.29 is 0 Å². The Bertz CT molecular complexity index is 248. The Balaban J connectivity index is 3.02. The van der Waals surface area contributed by atoms with Crippen molar-refractivity contribution in [2.75, 3.05) is 0 Å². The molecule has 1 heterocycles. The molecule has 0 spiro atoms. The third-order valence-corrected chi connectivity index (χ3v) is 2.16. The molecule has 0 aromatic carbocycles. The van der Waals surface area contributed by atoms with Gasteiger partial charge in [-0.05, 0) is 25.8 Å². The summed E-state index contributed by atoms with van der Waals surface area (Å²) in [6.07, 6.45) is 2.36. The molecule has 0 saturated carbocycles. The molecule has 1 aromatic rings. The number of hydrogen-bond donors (Lipinski definition) is 0. The van der Waals surface area contributed by atoms with Gasteiger partial charge in [-0.1, -0.05) is 13.3 Å². The monoisotopic (exact) mass is 152 g/mol. The summed E-state index contributed by atoms with van der Waals surface area (Å²) >= 11 is 0. The first-order valence-electron chi connectivity index (χ1n) is 4.16. The van der Waals surface area contributed by atoms with Crippen LogP contribution in [0.15, 0.2) is 0 Å². The minimum absolute atomic E-state index is 1.16. The number of nitrogens with zero attached hydrogens (tertiary/aromatic N) is 2. The SMILES string of the molecule is CCCc1c(C)nn(C)c1C. The molecule has 0 N–H and O–H groups in total. The van der Waals surface area contributed by atoms with E-state index in [0.717, 1.165) is 6.42 Å². The maximum atomic E-state index is 4.35. The van der Waals surface area contributed by atoms with E-state index < -0.39 is 0 Å². The number of aromatic nitrogens is 2. The first-order valence-corrected chi connectivity index (χ1v) is 4.16. The number of aryl methyl sites for hydroxylation is 2. The van der Waals surface area contributed by atoms with Gasteiger partial charge < -0.3 is 0 Å². The Hall–Kier alpha value is -0.790. The van der Waals surface area contributed by atoms with Crippen molar-refractivity contribution in [3.05, 3.63) is 17.0 Å². The van der Waals surface area contributed by atoms with Gasteiger partial charge in [0.2, 0.25) is 0 Å². The van der Waals surface area contributed by atoms with Gasteiger partial charge in [-0.3, -0.25) is 4.68 Å². The molecule has 0 amide bonds. The van der Waals surface area contributed by atoms with Crippen LogP contribution in [-0.2, 0) is 13.5 Å². The first kappa shape index (κ1) is 8.31. The summed E-state index contributed by atoms with van der Waals surface area (Å²) in [5.74, 6) is 0. The van der Waals surface area contributed by atoms with E-state index >= 15 is 0 Å². The molecule has 0 bridgehead atoms. The van der Waals surface area contributed by atoms with Crippen LogP contribution < -0.4 is 0 Å². The molecule has 0 aliphatic carbocycles. The van der Waals surface area contributed by atoms with E-state index in [1.807, 2.05) is 11.7 Å². The highest BCUT2D eigenvalue weighted by Gasteiger charge is 2.06. The summed E-state index contributed by atoms with van der Waals surface area (Å²) in [6.45, 7) is 6.41. The topological polar surface area (TPSA) is 17.8 Å². The van der Waals surface area contributed by atoms with Crippen molar-refractivity contribution in [1.82, 2.24) is 9.78 Å². The summed E-state index contributed by atoms with van der Waals surface area (Å²) in [5.41, 5.74) is 3.92. The summed E-state index contributed by atoms with van der Waals surface area (Å²) in [7, 11) is 2.00. The van der Waals surface area contributed by atoms with Crippen LogP contribution in [0.2, 0.25) is 0 Å². The molecule has 0 fully saturated rings. The molecule has 62 valence electrons. The third kappa shape index (κ3) is 1.44. The highest BCUT2D eigenvalue weighted by Crippen LogP contribution is 2.13. The molecule has 0 radical (unpaired) electrons. The smallest absolute Gasteiger partial charge is 0.0628 e. The van der Waals surface area contributed by atoms with Crippen molar-refractivity contribution in [2.45, 2.75) is 33.6 Å². The predicted molar refractivity (Wildman–Crippen MR) is 46.7 cm³/mol. The lowest BCUT2D eigenvalue weighted by molar-refractivity contribution is 0.729. The van der Waals surface area contributed by atoms with E-state index in [4.69, 9.17) is 0 Å². The average molecular weight is 152 g/mol. The Labute approximate surface area is 68.2 Å². The molecule has 0 unspecified atom stereocenters. The molecular formula is C9H16N2. The molecule has 2 heteroatoms. The minimum Gasteiger partial charge on any atom is -0.272 e. The molecule has 0 saturated heterocycles. The lowest BCUT2D eigenvalue weighted by Crippen LogP contribution is -1.93. The Morgan fingerprint density at radius 3 is 2.36 bits per heavy atom. The van der Waals surface area contributed by atoms with E-state index in [0.29, 0.717) is 0 Å². The van der Waals surface area contributed by atoms with Crippen LogP contribution in [0.3, 0.4) is 0 Å². The molecule has 0 aliphatic heterocycles. The minimum atomic E-state index is 1.16. The molecule has 1 rings (SSSR count). The van der Waals surface area contributed by atoms with E-state index in [-0.39, 0.29) is 0 Å². The summed E-state index contributed by atoms with van der Waals surface area (Å²) in [4.78, 5) is 0. The second kappa shape index (κ2) is 3.07. The number of rotatable bonds is 2. The van der Waals surface area contributed by atoms with E-state index in [2.05, 4.69) is 25.9 Å². The van der Waals surface area contributed by atoms with Crippen molar-refractivity contribution in [2.24, 2.45) is 7.05 Å². The highest BCUT2D eigenvalue weighted by molar-refractivity contribution is 5.24. The van der Waals surface area contributed by atoms with Crippen LogP contribution >= 0.6 is 0 Å². The highest BCUT2D eigenvalue weighted by atomic mass is 15.3. The standard InChI is InChI=1S/C9H16N2/c1-5-6-9-7(2)10-11(4)8(9)3/h5-6H2,1-4H3. The van der Waals surface area contributed by atoms with Gasteiger partial charge in [0.1, 0.15) is 0 Å². The zero-order chi connectivity index (χ0) is 8.43. The summed E-state index contributed by atoms with van der Waals surface area (Å²) in [5, 5.41) is 4.35. The van der Waals surface area contributed by atoms with Gasteiger partial charge in [0.05, 0.1) is 5.69 Å². The second-order valence-corrected chi connectivity index (χ2v) is 3.02. The molecule has 0 atom stereocenters. The zero-order valence-electron chi connectivity index (χ0n) is 7.81. The van der Waals surface area contributed by atoms with Crippen LogP contribution in [0.25, 0.3) is 0 Å². The van der Waals surface area contributed by atoms with Gasteiger partial charge in [0.25, 0.3) is 0 Å². The van der Waals surface area contributed by atoms with Crippen LogP contribution in [0.1, 0.15) is 30.3 Å². The quantitative estimate of drug-likeness (QED) is 0.633. The van der Waals surface area contributed by atoms with Gasteiger partial charge in [-0.2, -0.15) is 5.10 Å². The molecule has 1 aromatic heterocycles. The fraction of sp³-hybridized carbons (Fsp3) is 0.667. The third-order valence-electron chi connectivity index (χ3n) is 2.16. The fourth-order valence-electron chi connectivity index (χ4n) is 1.43. The zero-order valence-corrected chi connectivity index (χ0v) is 7.81. The van der Waals surface area contributed by atoms with Crippen LogP contribution in [-0.4, -0.2) is 9.78 Å². The number of hydrogen-bond acceptors (Lipinski definition) is 1.